The molecule has 2 saturated carbocycles. The van der Waals surface area contributed by atoms with Gasteiger partial charge in [0.2, 0.25) is 5.91 Å². The Morgan fingerprint density at radius 1 is 1.00 bits per heavy atom. The molecule has 2 aliphatic rings. The molecule has 0 saturated heterocycles. The Bertz CT molecular complexity index is 391. The summed E-state index contributed by atoms with van der Waals surface area (Å²) < 4.78 is 0. The fraction of sp³-hybridized carbons (Fsp3) is 0.900. The SMILES string of the molecule is CCCCCCCCCCC(=O)NN=C(C)C1CC2CCC1C2. The average molecular weight is 321 g/mol. The van der Waals surface area contributed by atoms with Crippen LogP contribution >= 0.6 is 0 Å². The van der Waals surface area contributed by atoms with Gasteiger partial charge in [0.25, 0.3) is 0 Å². The van der Waals surface area contributed by atoms with Crippen molar-refractivity contribution in [3.05, 3.63) is 0 Å². The minimum Gasteiger partial charge on any atom is -0.273 e. The van der Waals surface area contributed by atoms with Crippen molar-refractivity contribution in [1.82, 2.24) is 5.43 Å². The number of amides is 1. The molecule has 2 rings (SSSR count). The fourth-order valence-electron chi connectivity index (χ4n) is 4.47. The summed E-state index contributed by atoms with van der Waals surface area (Å²) in [5.74, 6) is 2.51. The Morgan fingerprint density at radius 3 is 2.30 bits per heavy atom. The first-order valence-corrected chi connectivity index (χ1v) is 10.0. The van der Waals surface area contributed by atoms with Gasteiger partial charge in [0, 0.05) is 18.1 Å². The second-order valence-corrected chi connectivity index (χ2v) is 7.79. The zero-order valence-corrected chi connectivity index (χ0v) is 15.3. The number of nitrogens with zero attached hydrogens (tertiary/aromatic N) is 1. The van der Waals surface area contributed by atoms with Gasteiger partial charge in [0.1, 0.15) is 0 Å². The van der Waals surface area contributed by atoms with Crippen LogP contribution in [-0.2, 0) is 4.79 Å². The van der Waals surface area contributed by atoms with Gasteiger partial charge in [-0.05, 0) is 44.4 Å². The van der Waals surface area contributed by atoms with Gasteiger partial charge in [0.05, 0.1) is 0 Å². The number of fused-ring (bicyclic) bond motifs is 2. The highest BCUT2D eigenvalue weighted by Gasteiger charge is 2.40. The summed E-state index contributed by atoms with van der Waals surface area (Å²) in [6, 6.07) is 0. The van der Waals surface area contributed by atoms with Crippen molar-refractivity contribution in [2.24, 2.45) is 22.9 Å². The first-order chi connectivity index (χ1) is 11.2. The molecular formula is C20H36N2O. The van der Waals surface area contributed by atoms with Crippen molar-refractivity contribution in [3.8, 4) is 0 Å². The largest absolute Gasteiger partial charge is 0.273 e. The van der Waals surface area contributed by atoms with E-state index in [-0.39, 0.29) is 5.91 Å². The standard InChI is InChI=1S/C20H36N2O/c1-3-4-5-6-7-8-9-10-11-20(23)22-21-16(2)19-15-17-12-13-18(19)14-17/h17-19H,3-15H2,1-2H3,(H,22,23). The van der Waals surface area contributed by atoms with Crippen LogP contribution in [0.3, 0.4) is 0 Å². The maximum atomic E-state index is 11.9. The molecule has 3 nitrogen and oxygen atoms in total. The summed E-state index contributed by atoms with van der Waals surface area (Å²) in [6.07, 6.45) is 16.3. The zero-order chi connectivity index (χ0) is 16.5. The second-order valence-electron chi connectivity index (χ2n) is 7.79. The summed E-state index contributed by atoms with van der Waals surface area (Å²) in [6.45, 7) is 4.35. The Balaban J connectivity index is 1.50. The van der Waals surface area contributed by atoms with E-state index in [9.17, 15) is 4.79 Å². The first-order valence-electron chi connectivity index (χ1n) is 10.0. The van der Waals surface area contributed by atoms with Crippen molar-refractivity contribution >= 4 is 11.6 Å². The van der Waals surface area contributed by atoms with Gasteiger partial charge < -0.3 is 0 Å². The molecule has 0 spiro atoms. The molecule has 3 heteroatoms. The van der Waals surface area contributed by atoms with E-state index >= 15 is 0 Å². The first kappa shape index (κ1) is 18.5. The lowest BCUT2D eigenvalue weighted by Gasteiger charge is -2.21. The topological polar surface area (TPSA) is 41.5 Å². The highest BCUT2D eigenvalue weighted by Crippen LogP contribution is 2.48. The van der Waals surface area contributed by atoms with E-state index in [1.54, 1.807) is 0 Å². The monoisotopic (exact) mass is 320 g/mol. The van der Waals surface area contributed by atoms with Crippen LogP contribution in [-0.4, -0.2) is 11.6 Å². The number of hydrogen-bond donors (Lipinski definition) is 1. The molecule has 3 unspecified atom stereocenters. The maximum Gasteiger partial charge on any atom is 0.240 e. The van der Waals surface area contributed by atoms with Crippen LogP contribution in [0.4, 0.5) is 0 Å². The maximum absolute atomic E-state index is 11.9. The molecule has 0 aromatic heterocycles. The smallest absolute Gasteiger partial charge is 0.240 e. The predicted octanol–water partition coefficient (Wildman–Crippen LogP) is 5.45. The van der Waals surface area contributed by atoms with Crippen molar-refractivity contribution in [2.75, 3.05) is 0 Å². The van der Waals surface area contributed by atoms with Gasteiger partial charge in [-0.15, -0.1) is 0 Å². The number of carbonyl (C=O) groups excluding carboxylic acids is 1. The van der Waals surface area contributed by atoms with E-state index in [4.69, 9.17) is 0 Å². The summed E-state index contributed by atoms with van der Waals surface area (Å²) in [7, 11) is 0. The average Bonchev–Trinajstić information content (AvgIpc) is 3.18. The Hall–Kier alpha value is -0.860. The van der Waals surface area contributed by atoms with Gasteiger partial charge in [-0.1, -0.05) is 58.3 Å². The fourth-order valence-corrected chi connectivity index (χ4v) is 4.47. The Morgan fingerprint density at radius 2 is 1.70 bits per heavy atom. The number of hydrogen-bond acceptors (Lipinski definition) is 2. The van der Waals surface area contributed by atoms with Crippen LogP contribution in [0.25, 0.3) is 0 Å². The number of unbranched alkanes of at least 4 members (excludes halogenated alkanes) is 7. The molecule has 132 valence electrons. The van der Waals surface area contributed by atoms with Crippen LogP contribution in [0.1, 0.15) is 97.3 Å². The molecule has 1 N–H and O–H groups in total. The molecule has 0 aromatic carbocycles. The van der Waals surface area contributed by atoms with Gasteiger partial charge in [-0.25, -0.2) is 5.43 Å². The van der Waals surface area contributed by atoms with E-state index in [0.29, 0.717) is 12.3 Å². The molecule has 2 aliphatic carbocycles. The van der Waals surface area contributed by atoms with Crippen LogP contribution in [0.15, 0.2) is 5.10 Å². The lowest BCUT2D eigenvalue weighted by atomic mass is 9.86. The minimum atomic E-state index is 0.0958. The van der Waals surface area contributed by atoms with E-state index in [2.05, 4.69) is 24.4 Å². The van der Waals surface area contributed by atoms with Crippen molar-refractivity contribution in [3.63, 3.8) is 0 Å². The van der Waals surface area contributed by atoms with Crippen LogP contribution in [0.5, 0.6) is 0 Å². The third kappa shape index (κ3) is 6.27. The van der Waals surface area contributed by atoms with Crippen molar-refractivity contribution in [2.45, 2.75) is 97.3 Å². The number of rotatable bonds is 11. The van der Waals surface area contributed by atoms with Crippen LogP contribution in [0, 0.1) is 17.8 Å². The molecule has 3 atom stereocenters. The molecule has 0 heterocycles. The molecule has 0 radical (unpaired) electrons. The lowest BCUT2D eigenvalue weighted by Crippen LogP contribution is -2.24. The molecule has 0 aromatic rings. The predicted molar refractivity (Wildman–Crippen MR) is 97.4 cm³/mol. The molecule has 0 aliphatic heterocycles. The molecule has 23 heavy (non-hydrogen) atoms. The highest BCUT2D eigenvalue weighted by atomic mass is 16.2. The zero-order valence-electron chi connectivity index (χ0n) is 15.3. The Kier molecular flexibility index (Phi) is 8.11. The second kappa shape index (κ2) is 10.1. The van der Waals surface area contributed by atoms with Gasteiger partial charge in [0.15, 0.2) is 0 Å². The third-order valence-corrected chi connectivity index (χ3v) is 5.89. The quantitative estimate of drug-likeness (QED) is 0.307. The summed E-state index contributed by atoms with van der Waals surface area (Å²) in [5.41, 5.74) is 3.94. The lowest BCUT2D eigenvalue weighted by molar-refractivity contribution is -0.121. The van der Waals surface area contributed by atoms with Crippen LogP contribution < -0.4 is 5.43 Å². The summed E-state index contributed by atoms with van der Waals surface area (Å²) >= 11 is 0. The summed E-state index contributed by atoms with van der Waals surface area (Å²) in [4.78, 5) is 11.9. The summed E-state index contributed by atoms with van der Waals surface area (Å²) in [5, 5.41) is 4.39. The van der Waals surface area contributed by atoms with E-state index in [0.717, 1.165) is 24.0 Å². The molecule has 2 fully saturated rings. The highest BCUT2D eigenvalue weighted by molar-refractivity contribution is 5.86. The normalized spacial score (nSPS) is 26.7. The van der Waals surface area contributed by atoms with E-state index in [1.807, 2.05) is 0 Å². The van der Waals surface area contributed by atoms with E-state index in [1.165, 1.54) is 70.6 Å². The van der Waals surface area contributed by atoms with Crippen molar-refractivity contribution < 1.29 is 4.79 Å². The van der Waals surface area contributed by atoms with Crippen LogP contribution in [0.2, 0.25) is 0 Å². The number of carbonyl (C=O) groups is 1. The van der Waals surface area contributed by atoms with Crippen molar-refractivity contribution in [1.29, 1.82) is 0 Å². The molecular weight excluding hydrogens is 284 g/mol. The number of nitrogens with one attached hydrogen (secondary N) is 1. The number of hydrazone groups is 1. The van der Waals surface area contributed by atoms with Gasteiger partial charge >= 0.3 is 0 Å². The minimum absolute atomic E-state index is 0.0958. The molecule has 1 amide bonds. The van der Waals surface area contributed by atoms with Gasteiger partial charge in [-0.3, -0.25) is 4.79 Å². The molecule has 2 bridgehead atoms. The Labute approximate surface area is 142 Å². The van der Waals surface area contributed by atoms with E-state index < -0.39 is 0 Å². The third-order valence-electron chi connectivity index (χ3n) is 5.89. The van der Waals surface area contributed by atoms with Gasteiger partial charge in [-0.2, -0.15) is 5.10 Å².